The zero-order valence-corrected chi connectivity index (χ0v) is 13.0. The lowest BCUT2D eigenvalue weighted by molar-refractivity contribution is -0.121. The van der Waals surface area contributed by atoms with Crippen LogP contribution in [0.4, 0.5) is 5.69 Å². The van der Waals surface area contributed by atoms with Crippen LogP contribution in [-0.2, 0) is 4.79 Å². The van der Waals surface area contributed by atoms with Gasteiger partial charge in [-0.25, -0.2) is 0 Å². The summed E-state index contributed by atoms with van der Waals surface area (Å²) in [6.45, 7) is 5.55. The Morgan fingerprint density at radius 2 is 2.10 bits per heavy atom. The molecule has 21 heavy (non-hydrogen) atoms. The third kappa shape index (κ3) is 3.69. The summed E-state index contributed by atoms with van der Waals surface area (Å²) >= 11 is 1.27. The van der Waals surface area contributed by atoms with E-state index < -0.39 is 0 Å². The Labute approximate surface area is 126 Å². The molecule has 4 N–H and O–H groups in total. The van der Waals surface area contributed by atoms with E-state index in [4.69, 9.17) is 5.73 Å². The lowest BCUT2D eigenvalue weighted by Gasteiger charge is -2.20. The molecule has 2 amide bonds. The average Bonchev–Trinajstić information content (AvgIpc) is 2.72. The van der Waals surface area contributed by atoms with Crippen LogP contribution in [0.25, 0.3) is 10.2 Å². The third-order valence-electron chi connectivity index (χ3n) is 2.61. The largest absolute Gasteiger partial charge is 0.396 e. The van der Waals surface area contributed by atoms with E-state index in [1.165, 1.54) is 11.3 Å². The van der Waals surface area contributed by atoms with Crippen molar-refractivity contribution in [1.82, 2.24) is 15.6 Å². The van der Waals surface area contributed by atoms with Crippen molar-refractivity contribution in [3.63, 3.8) is 0 Å². The van der Waals surface area contributed by atoms with Crippen LogP contribution in [0.1, 0.15) is 30.4 Å². The van der Waals surface area contributed by atoms with E-state index in [1.54, 1.807) is 12.3 Å². The highest BCUT2D eigenvalue weighted by molar-refractivity contribution is 7.21. The first-order chi connectivity index (χ1) is 9.78. The zero-order chi connectivity index (χ0) is 15.6. The Balaban J connectivity index is 2.06. The van der Waals surface area contributed by atoms with Gasteiger partial charge >= 0.3 is 0 Å². The van der Waals surface area contributed by atoms with E-state index in [9.17, 15) is 9.59 Å². The Hall–Kier alpha value is -2.15. The van der Waals surface area contributed by atoms with Crippen molar-refractivity contribution in [2.24, 2.45) is 0 Å². The number of hydrogen-bond acceptors (Lipinski definition) is 5. The molecule has 0 spiro atoms. The van der Waals surface area contributed by atoms with Crippen LogP contribution in [0.2, 0.25) is 0 Å². The van der Waals surface area contributed by atoms with Gasteiger partial charge in [-0.2, -0.15) is 0 Å². The number of thiophene rings is 1. The summed E-state index contributed by atoms with van der Waals surface area (Å²) in [6.07, 6.45) is 1.63. The molecule has 0 aliphatic carbocycles. The fourth-order valence-electron chi connectivity index (χ4n) is 1.82. The summed E-state index contributed by atoms with van der Waals surface area (Å²) in [5.41, 5.74) is 6.57. The monoisotopic (exact) mass is 306 g/mol. The lowest BCUT2D eigenvalue weighted by Crippen LogP contribution is -2.45. The maximum atomic E-state index is 12.1. The highest BCUT2D eigenvalue weighted by atomic mass is 32.1. The molecule has 0 unspecified atom stereocenters. The van der Waals surface area contributed by atoms with Gasteiger partial charge in [-0.15, -0.1) is 11.3 Å². The number of hydrogen-bond donors (Lipinski definition) is 3. The fourth-order valence-corrected chi connectivity index (χ4v) is 2.82. The summed E-state index contributed by atoms with van der Waals surface area (Å²) in [5.74, 6) is -0.604. The first-order valence-electron chi connectivity index (χ1n) is 6.50. The summed E-state index contributed by atoms with van der Waals surface area (Å²) in [5, 5.41) is 5.35. The molecule has 0 radical (unpaired) electrons. The number of fused-ring (bicyclic) bond motifs is 1. The summed E-state index contributed by atoms with van der Waals surface area (Å²) in [6, 6.07) is 3.64. The summed E-state index contributed by atoms with van der Waals surface area (Å²) in [7, 11) is 0. The van der Waals surface area contributed by atoms with Gasteiger partial charge in [0.1, 0.15) is 10.4 Å². The number of nitrogens with zero attached hydrogens (tertiary/aromatic N) is 1. The number of pyridine rings is 1. The molecule has 0 saturated carbocycles. The van der Waals surface area contributed by atoms with E-state index in [2.05, 4.69) is 15.6 Å². The van der Waals surface area contributed by atoms with Crippen LogP contribution in [0, 0.1) is 0 Å². The van der Waals surface area contributed by atoms with Gasteiger partial charge in [0.15, 0.2) is 0 Å². The predicted molar refractivity (Wildman–Crippen MR) is 84.3 cm³/mol. The van der Waals surface area contributed by atoms with Gasteiger partial charge in [-0.1, -0.05) is 0 Å². The smallest absolute Gasteiger partial charge is 0.264 e. The topological polar surface area (TPSA) is 97.1 Å². The molecule has 0 atom stereocenters. The maximum Gasteiger partial charge on any atom is 0.264 e. The second-order valence-corrected chi connectivity index (χ2v) is 6.73. The highest BCUT2D eigenvalue weighted by Gasteiger charge is 2.19. The molecule has 2 heterocycles. The Morgan fingerprint density at radius 3 is 2.71 bits per heavy atom. The quantitative estimate of drug-likeness (QED) is 0.801. The normalized spacial score (nSPS) is 11.4. The zero-order valence-electron chi connectivity index (χ0n) is 12.2. The second-order valence-electron chi connectivity index (χ2n) is 5.68. The standard InChI is InChI=1S/C14H18N4O2S/c1-14(2,3)18-9(19)7-17-13(20)12-10(15)11-8(21-12)5-4-6-16-11/h4-6H,7,15H2,1-3H3,(H,17,20)(H,18,19). The molecule has 0 aromatic carbocycles. The number of carbonyl (C=O) groups is 2. The minimum Gasteiger partial charge on any atom is -0.396 e. The Kier molecular flexibility index (Phi) is 4.13. The van der Waals surface area contributed by atoms with Crippen LogP contribution < -0.4 is 16.4 Å². The van der Waals surface area contributed by atoms with Gasteiger partial charge in [-0.05, 0) is 32.9 Å². The molecular weight excluding hydrogens is 288 g/mol. The number of anilines is 1. The Bertz CT molecular complexity index is 688. The first-order valence-corrected chi connectivity index (χ1v) is 7.32. The molecule has 7 heteroatoms. The number of nitrogens with one attached hydrogen (secondary N) is 2. The molecule has 0 saturated heterocycles. The van der Waals surface area contributed by atoms with Crippen LogP contribution in [-0.4, -0.2) is 28.9 Å². The van der Waals surface area contributed by atoms with E-state index in [0.717, 1.165) is 4.70 Å². The van der Waals surface area contributed by atoms with Crippen molar-refractivity contribution < 1.29 is 9.59 Å². The number of nitrogens with two attached hydrogens (primary N) is 1. The van der Waals surface area contributed by atoms with Crippen molar-refractivity contribution in [2.75, 3.05) is 12.3 Å². The second kappa shape index (κ2) is 5.69. The van der Waals surface area contributed by atoms with Gasteiger partial charge in [0.25, 0.3) is 5.91 Å². The summed E-state index contributed by atoms with van der Waals surface area (Å²) < 4.78 is 0.847. The maximum absolute atomic E-state index is 12.1. The third-order valence-corrected chi connectivity index (χ3v) is 3.77. The van der Waals surface area contributed by atoms with Crippen LogP contribution >= 0.6 is 11.3 Å². The van der Waals surface area contributed by atoms with Crippen LogP contribution in [0.5, 0.6) is 0 Å². The first kappa shape index (κ1) is 15.2. The van der Waals surface area contributed by atoms with Crippen molar-refractivity contribution in [3.05, 3.63) is 23.2 Å². The molecule has 112 valence electrons. The molecule has 6 nitrogen and oxygen atoms in total. The number of aromatic nitrogens is 1. The predicted octanol–water partition coefficient (Wildman–Crippen LogP) is 1.52. The fraction of sp³-hybridized carbons (Fsp3) is 0.357. The SMILES string of the molecule is CC(C)(C)NC(=O)CNC(=O)c1sc2cccnc2c1N. The van der Waals surface area contributed by atoms with Gasteiger partial charge < -0.3 is 16.4 Å². The van der Waals surface area contributed by atoms with Gasteiger partial charge in [-0.3, -0.25) is 14.6 Å². The Morgan fingerprint density at radius 1 is 1.38 bits per heavy atom. The number of nitrogen functional groups attached to an aromatic ring is 1. The van der Waals surface area contributed by atoms with E-state index in [1.807, 2.05) is 26.8 Å². The number of carbonyl (C=O) groups excluding carboxylic acids is 2. The van der Waals surface area contributed by atoms with Gasteiger partial charge in [0.2, 0.25) is 5.91 Å². The minimum atomic E-state index is -0.362. The minimum absolute atomic E-state index is 0.0861. The molecule has 2 aromatic heterocycles. The summed E-state index contributed by atoms with van der Waals surface area (Å²) in [4.78, 5) is 28.3. The van der Waals surface area contributed by atoms with Crippen molar-refractivity contribution >= 4 is 39.1 Å². The molecule has 0 aliphatic heterocycles. The van der Waals surface area contributed by atoms with Crippen molar-refractivity contribution in [1.29, 1.82) is 0 Å². The lowest BCUT2D eigenvalue weighted by atomic mass is 10.1. The average molecular weight is 306 g/mol. The number of rotatable bonds is 3. The van der Waals surface area contributed by atoms with Crippen LogP contribution in [0.15, 0.2) is 18.3 Å². The van der Waals surface area contributed by atoms with Gasteiger partial charge in [0.05, 0.1) is 16.9 Å². The molecule has 2 aromatic rings. The van der Waals surface area contributed by atoms with E-state index in [0.29, 0.717) is 16.1 Å². The van der Waals surface area contributed by atoms with Crippen molar-refractivity contribution in [2.45, 2.75) is 26.3 Å². The molecule has 0 aliphatic rings. The molecule has 0 bridgehead atoms. The van der Waals surface area contributed by atoms with E-state index in [-0.39, 0.29) is 23.9 Å². The molecular formula is C14H18N4O2S. The van der Waals surface area contributed by atoms with Crippen LogP contribution in [0.3, 0.4) is 0 Å². The highest BCUT2D eigenvalue weighted by Crippen LogP contribution is 2.31. The van der Waals surface area contributed by atoms with Crippen molar-refractivity contribution in [3.8, 4) is 0 Å². The molecule has 2 rings (SSSR count). The van der Waals surface area contributed by atoms with Gasteiger partial charge in [0, 0.05) is 11.7 Å². The number of amides is 2. The molecule has 0 fully saturated rings. The van der Waals surface area contributed by atoms with E-state index >= 15 is 0 Å².